The molecule has 0 saturated heterocycles. The third kappa shape index (κ3) is 2.87. The van der Waals surface area contributed by atoms with Crippen LogP contribution in [0.1, 0.15) is 20.8 Å². The summed E-state index contributed by atoms with van der Waals surface area (Å²) < 4.78 is -0.994. The van der Waals surface area contributed by atoms with Crippen LogP contribution in [-0.4, -0.2) is 20.9 Å². The Morgan fingerprint density at radius 2 is 1.80 bits per heavy atom. The second-order valence-electron chi connectivity index (χ2n) is 2.41. The average Bonchev–Trinajstić information content (AvgIpc) is 1.60. The molecule has 0 atom stereocenters. The lowest BCUT2D eigenvalue weighted by molar-refractivity contribution is -0.139. The first-order valence-electron chi connectivity index (χ1n) is 2.79. The number of carbonyl (C=O) groups is 2. The number of carboxylic acid groups (broad SMARTS) is 1. The molecule has 3 nitrogen and oxygen atoms in total. The molecule has 0 amide bonds. The molecule has 0 spiro atoms. The van der Waals surface area contributed by atoms with Gasteiger partial charge in [0, 0.05) is 6.92 Å². The maximum absolute atomic E-state index is 10.5. The first-order valence-corrected chi connectivity index (χ1v) is 3.61. The van der Waals surface area contributed by atoms with Crippen molar-refractivity contribution in [3.8, 4) is 0 Å². The van der Waals surface area contributed by atoms with Crippen molar-refractivity contribution in [2.24, 2.45) is 0 Å². The van der Waals surface area contributed by atoms with Gasteiger partial charge in [0.2, 0.25) is 0 Å². The van der Waals surface area contributed by atoms with E-state index in [1.54, 1.807) is 0 Å². The molecule has 0 aromatic heterocycles. The average molecular weight is 162 g/mol. The summed E-state index contributed by atoms with van der Waals surface area (Å²) >= 11 is 0.826. The molecule has 58 valence electrons. The van der Waals surface area contributed by atoms with Crippen LogP contribution in [-0.2, 0) is 9.59 Å². The number of thioether (sulfide) groups is 1. The minimum atomic E-state index is -0.994. The van der Waals surface area contributed by atoms with E-state index in [0.717, 1.165) is 11.8 Å². The Morgan fingerprint density at radius 1 is 1.40 bits per heavy atom. The van der Waals surface area contributed by atoms with E-state index >= 15 is 0 Å². The largest absolute Gasteiger partial charge is 0.480 e. The molecule has 0 heterocycles. The molecule has 4 heteroatoms. The Hall–Kier alpha value is -0.510. The fraction of sp³-hybridized carbons (Fsp3) is 0.667. The van der Waals surface area contributed by atoms with Gasteiger partial charge in [0.15, 0.2) is 5.12 Å². The lowest BCUT2D eigenvalue weighted by atomic mass is 10.2. The molecule has 1 N–H and O–H groups in total. The molecule has 0 bridgehead atoms. The van der Waals surface area contributed by atoms with Crippen LogP contribution in [0.5, 0.6) is 0 Å². The monoisotopic (exact) mass is 162 g/mol. The molecule has 0 unspecified atom stereocenters. The summed E-state index contributed by atoms with van der Waals surface area (Å²) in [5.74, 6) is -0.965. The van der Waals surface area contributed by atoms with Gasteiger partial charge in [-0.05, 0) is 13.8 Å². The van der Waals surface area contributed by atoms with Crippen LogP contribution in [0.2, 0.25) is 0 Å². The summed E-state index contributed by atoms with van der Waals surface area (Å²) in [5.41, 5.74) is 0. The first-order chi connectivity index (χ1) is 4.36. The summed E-state index contributed by atoms with van der Waals surface area (Å²) in [5, 5.41) is 8.34. The molecule has 0 saturated carbocycles. The van der Waals surface area contributed by atoms with Crippen molar-refractivity contribution in [2.75, 3.05) is 0 Å². The molecule has 0 rings (SSSR count). The third-order valence-corrected chi connectivity index (χ3v) is 1.89. The fourth-order valence-electron chi connectivity index (χ4n) is 0.403. The summed E-state index contributed by atoms with van der Waals surface area (Å²) in [6.07, 6.45) is 0. The number of hydrogen-bond acceptors (Lipinski definition) is 3. The van der Waals surface area contributed by atoms with Crippen molar-refractivity contribution in [3.05, 3.63) is 0 Å². The topological polar surface area (TPSA) is 54.4 Å². The molecule has 0 aliphatic carbocycles. The van der Waals surface area contributed by atoms with E-state index in [-0.39, 0.29) is 5.12 Å². The first kappa shape index (κ1) is 9.49. The predicted molar refractivity (Wildman–Crippen MR) is 40.0 cm³/mol. The molecule has 0 aromatic carbocycles. The molecule has 0 radical (unpaired) electrons. The summed E-state index contributed by atoms with van der Waals surface area (Å²) in [4.78, 5) is 20.8. The number of aliphatic carboxylic acids is 1. The Balaban J connectivity index is 4.13. The van der Waals surface area contributed by atoms with Gasteiger partial charge in [0.25, 0.3) is 0 Å². The molecule has 0 aromatic rings. The normalized spacial score (nSPS) is 11.1. The summed E-state index contributed by atoms with van der Waals surface area (Å²) in [7, 11) is 0. The van der Waals surface area contributed by atoms with Crippen molar-refractivity contribution in [3.63, 3.8) is 0 Å². The highest BCUT2D eigenvalue weighted by Gasteiger charge is 2.29. The molecule has 0 aliphatic heterocycles. The van der Waals surface area contributed by atoms with Crippen LogP contribution in [0.3, 0.4) is 0 Å². The lowest BCUT2D eigenvalue weighted by Crippen LogP contribution is -2.28. The SMILES string of the molecule is CC(=O)SC(C)(C)C(=O)O. The van der Waals surface area contributed by atoms with E-state index in [1.165, 1.54) is 20.8 Å². The highest BCUT2D eigenvalue weighted by atomic mass is 32.2. The second kappa shape index (κ2) is 3.05. The van der Waals surface area contributed by atoms with Crippen LogP contribution in [0.25, 0.3) is 0 Å². The van der Waals surface area contributed by atoms with Crippen molar-refractivity contribution in [1.82, 2.24) is 0 Å². The van der Waals surface area contributed by atoms with E-state index in [4.69, 9.17) is 5.11 Å². The third-order valence-electron chi connectivity index (χ3n) is 0.914. The zero-order chi connectivity index (χ0) is 8.36. The van der Waals surface area contributed by atoms with Gasteiger partial charge in [-0.1, -0.05) is 11.8 Å². The summed E-state index contributed by atoms with van der Waals surface area (Å²) in [6.45, 7) is 4.36. The molecular weight excluding hydrogens is 152 g/mol. The predicted octanol–water partition coefficient (Wildman–Crippen LogP) is 1.13. The van der Waals surface area contributed by atoms with Gasteiger partial charge >= 0.3 is 5.97 Å². The fourth-order valence-corrected chi connectivity index (χ4v) is 1.21. The van der Waals surface area contributed by atoms with Gasteiger partial charge in [-0.15, -0.1) is 0 Å². The highest BCUT2D eigenvalue weighted by Crippen LogP contribution is 2.24. The van der Waals surface area contributed by atoms with Crippen LogP contribution in [0, 0.1) is 0 Å². The maximum Gasteiger partial charge on any atom is 0.319 e. The molecule has 0 fully saturated rings. The Bertz CT molecular complexity index is 162. The van der Waals surface area contributed by atoms with E-state index in [2.05, 4.69) is 0 Å². The van der Waals surface area contributed by atoms with Gasteiger partial charge in [0.05, 0.1) is 0 Å². The van der Waals surface area contributed by atoms with Crippen molar-refractivity contribution in [1.29, 1.82) is 0 Å². The number of carboxylic acids is 1. The minimum Gasteiger partial charge on any atom is -0.480 e. The van der Waals surface area contributed by atoms with Gasteiger partial charge in [0.1, 0.15) is 4.75 Å². The van der Waals surface area contributed by atoms with Crippen LogP contribution < -0.4 is 0 Å². The van der Waals surface area contributed by atoms with Crippen molar-refractivity contribution >= 4 is 22.8 Å². The van der Waals surface area contributed by atoms with Crippen LogP contribution in [0.4, 0.5) is 0 Å². The van der Waals surface area contributed by atoms with E-state index in [0.29, 0.717) is 0 Å². The quantitative estimate of drug-likeness (QED) is 0.661. The van der Waals surface area contributed by atoms with E-state index in [9.17, 15) is 9.59 Å². The van der Waals surface area contributed by atoms with Crippen LogP contribution in [0.15, 0.2) is 0 Å². The smallest absolute Gasteiger partial charge is 0.319 e. The van der Waals surface area contributed by atoms with Gasteiger partial charge in [-0.2, -0.15) is 0 Å². The van der Waals surface area contributed by atoms with Gasteiger partial charge in [-0.3, -0.25) is 9.59 Å². The minimum absolute atomic E-state index is 0.174. The Labute approximate surface area is 63.8 Å². The number of rotatable bonds is 2. The lowest BCUT2D eigenvalue weighted by Gasteiger charge is -2.15. The standard InChI is InChI=1S/C6H10O3S/c1-4(7)10-6(2,3)5(8)9/h1-3H3,(H,8,9). The van der Waals surface area contributed by atoms with Crippen molar-refractivity contribution in [2.45, 2.75) is 25.5 Å². The zero-order valence-electron chi connectivity index (χ0n) is 6.17. The van der Waals surface area contributed by atoms with E-state index < -0.39 is 10.7 Å². The molecule has 0 aliphatic rings. The number of hydrogen-bond donors (Lipinski definition) is 1. The highest BCUT2D eigenvalue weighted by molar-refractivity contribution is 8.15. The number of carbonyl (C=O) groups excluding carboxylic acids is 1. The van der Waals surface area contributed by atoms with Gasteiger partial charge in [-0.25, -0.2) is 0 Å². The molecule has 10 heavy (non-hydrogen) atoms. The summed E-state index contributed by atoms with van der Waals surface area (Å²) in [6, 6.07) is 0. The second-order valence-corrected chi connectivity index (χ2v) is 4.21. The maximum atomic E-state index is 10.5. The van der Waals surface area contributed by atoms with E-state index in [1.807, 2.05) is 0 Å². The zero-order valence-corrected chi connectivity index (χ0v) is 6.99. The molecular formula is C6H10O3S. The van der Waals surface area contributed by atoms with Crippen LogP contribution >= 0.6 is 11.8 Å². The van der Waals surface area contributed by atoms with Crippen molar-refractivity contribution < 1.29 is 14.7 Å². The Morgan fingerprint density at radius 3 is 1.90 bits per heavy atom. The Kier molecular flexibility index (Phi) is 2.90. The van der Waals surface area contributed by atoms with Gasteiger partial charge < -0.3 is 5.11 Å².